The van der Waals surface area contributed by atoms with Crippen LogP contribution in [-0.2, 0) is 6.42 Å². The SMILES string of the molecule is NCCc1cc(F)cc(Oc2cncc(Br)c2)c1. The molecule has 0 radical (unpaired) electrons. The van der Waals surface area contributed by atoms with Crippen LogP contribution in [0.15, 0.2) is 41.1 Å². The number of nitrogens with two attached hydrogens (primary N) is 1. The molecule has 2 aromatic rings. The molecule has 0 spiro atoms. The molecule has 1 aromatic carbocycles. The molecule has 0 atom stereocenters. The Labute approximate surface area is 113 Å². The van der Waals surface area contributed by atoms with Gasteiger partial charge in [-0.05, 0) is 52.7 Å². The van der Waals surface area contributed by atoms with Gasteiger partial charge in [0, 0.05) is 16.7 Å². The summed E-state index contributed by atoms with van der Waals surface area (Å²) in [7, 11) is 0. The van der Waals surface area contributed by atoms with E-state index in [1.165, 1.54) is 12.1 Å². The summed E-state index contributed by atoms with van der Waals surface area (Å²) in [4.78, 5) is 3.98. The fraction of sp³-hybridized carbons (Fsp3) is 0.154. The highest BCUT2D eigenvalue weighted by molar-refractivity contribution is 9.10. The third kappa shape index (κ3) is 3.51. The van der Waals surface area contributed by atoms with E-state index in [0.29, 0.717) is 24.5 Å². The maximum atomic E-state index is 13.4. The zero-order valence-corrected chi connectivity index (χ0v) is 11.2. The average molecular weight is 311 g/mol. The molecule has 0 aliphatic heterocycles. The van der Waals surface area contributed by atoms with E-state index >= 15 is 0 Å². The van der Waals surface area contributed by atoms with Crippen LogP contribution in [-0.4, -0.2) is 11.5 Å². The minimum atomic E-state index is -0.334. The van der Waals surface area contributed by atoms with Crippen LogP contribution in [0.25, 0.3) is 0 Å². The highest BCUT2D eigenvalue weighted by Crippen LogP contribution is 2.25. The van der Waals surface area contributed by atoms with Gasteiger partial charge >= 0.3 is 0 Å². The van der Waals surface area contributed by atoms with Gasteiger partial charge in [-0.1, -0.05) is 0 Å². The van der Waals surface area contributed by atoms with Crippen molar-refractivity contribution in [1.82, 2.24) is 4.98 Å². The molecule has 3 nitrogen and oxygen atoms in total. The van der Waals surface area contributed by atoms with E-state index in [1.807, 2.05) is 0 Å². The second-order valence-electron chi connectivity index (χ2n) is 3.77. The lowest BCUT2D eigenvalue weighted by molar-refractivity contribution is 0.473. The minimum absolute atomic E-state index is 0.334. The molecule has 0 aliphatic rings. The molecule has 0 saturated carbocycles. The first-order valence-corrected chi connectivity index (χ1v) is 6.24. The van der Waals surface area contributed by atoms with E-state index in [0.717, 1.165) is 10.0 Å². The van der Waals surface area contributed by atoms with Crippen LogP contribution in [0.4, 0.5) is 4.39 Å². The van der Waals surface area contributed by atoms with Crippen LogP contribution in [0.2, 0.25) is 0 Å². The fourth-order valence-corrected chi connectivity index (χ4v) is 1.92. The summed E-state index contributed by atoms with van der Waals surface area (Å²) in [5.41, 5.74) is 6.27. The third-order valence-corrected chi connectivity index (χ3v) is 2.71. The first-order valence-electron chi connectivity index (χ1n) is 5.45. The van der Waals surface area contributed by atoms with E-state index in [-0.39, 0.29) is 5.82 Å². The highest BCUT2D eigenvalue weighted by Gasteiger charge is 2.04. The summed E-state index contributed by atoms with van der Waals surface area (Å²) in [6, 6.07) is 6.33. The van der Waals surface area contributed by atoms with Gasteiger partial charge < -0.3 is 10.5 Å². The fourth-order valence-electron chi connectivity index (χ4n) is 1.57. The molecule has 5 heteroatoms. The number of hydrogen-bond donors (Lipinski definition) is 1. The van der Waals surface area contributed by atoms with Crippen LogP contribution in [0, 0.1) is 5.82 Å². The van der Waals surface area contributed by atoms with E-state index in [1.54, 1.807) is 24.5 Å². The molecule has 2 rings (SSSR count). The lowest BCUT2D eigenvalue weighted by atomic mass is 10.1. The van der Waals surface area contributed by atoms with Crippen molar-refractivity contribution in [3.05, 3.63) is 52.5 Å². The molecule has 18 heavy (non-hydrogen) atoms. The maximum Gasteiger partial charge on any atom is 0.146 e. The topological polar surface area (TPSA) is 48.1 Å². The zero-order valence-electron chi connectivity index (χ0n) is 9.57. The summed E-state index contributed by atoms with van der Waals surface area (Å²) >= 11 is 3.30. The molecule has 0 unspecified atom stereocenters. The van der Waals surface area contributed by atoms with Crippen molar-refractivity contribution in [3.8, 4) is 11.5 Å². The molecular formula is C13H12BrFN2O. The molecular weight excluding hydrogens is 299 g/mol. The number of hydrogen-bond acceptors (Lipinski definition) is 3. The lowest BCUT2D eigenvalue weighted by Crippen LogP contribution is -2.03. The van der Waals surface area contributed by atoms with E-state index in [9.17, 15) is 4.39 Å². The largest absolute Gasteiger partial charge is 0.456 e. The number of pyridine rings is 1. The first-order chi connectivity index (χ1) is 8.67. The Balaban J connectivity index is 2.23. The minimum Gasteiger partial charge on any atom is -0.456 e. The van der Waals surface area contributed by atoms with Crippen molar-refractivity contribution >= 4 is 15.9 Å². The highest BCUT2D eigenvalue weighted by atomic mass is 79.9. The number of rotatable bonds is 4. The Bertz CT molecular complexity index is 548. The molecule has 2 N–H and O–H groups in total. The van der Waals surface area contributed by atoms with Crippen LogP contribution in [0.3, 0.4) is 0 Å². The summed E-state index contributed by atoms with van der Waals surface area (Å²) in [5, 5.41) is 0. The third-order valence-electron chi connectivity index (χ3n) is 2.28. The van der Waals surface area contributed by atoms with Crippen molar-refractivity contribution in [2.75, 3.05) is 6.54 Å². The smallest absolute Gasteiger partial charge is 0.146 e. The van der Waals surface area contributed by atoms with E-state index in [4.69, 9.17) is 10.5 Å². The van der Waals surface area contributed by atoms with Gasteiger partial charge in [0.2, 0.25) is 0 Å². The normalized spacial score (nSPS) is 10.4. The van der Waals surface area contributed by atoms with Crippen molar-refractivity contribution in [2.24, 2.45) is 5.73 Å². The number of ether oxygens (including phenoxy) is 1. The van der Waals surface area contributed by atoms with Gasteiger partial charge in [-0.15, -0.1) is 0 Å². The van der Waals surface area contributed by atoms with Crippen molar-refractivity contribution < 1.29 is 9.13 Å². The van der Waals surface area contributed by atoms with Gasteiger partial charge in [-0.2, -0.15) is 0 Å². The summed E-state index contributed by atoms with van der Waals surface area (Å²) in [6.07, 6.45) is 3.83. The standard InChI is InChI=1S/C13H12BrFN2O/c14-10-5-13(8-17-7-10)18-12-4-9(1-2-16)3-11(15)6-12/h3-8H,1-2,16H2. The van der Waals surface area contributed by atoms with Gasteiger partial charge in [-0.3, -0.25) is 4.98 Å². The molecule has 1 heterocycles. The first kappa shape index (κ1) is 13.0. The Morgan fingerprint density at radius 3 is 2.72 bits per heavy atom. The Morgan fingerprint density at radius 1 is 1.17 bits per heavy atom. The van der Waals surface area contributed by atoms with Crippen LogP contribution >= 0.6 is 15.9 Å². The predicted octanol–water partition coefficient (Wildman–Crippen LogP) is 3.28. The molecule has 94 valence electrons. The van der Waals surface area contributed by atoms with Gasteiger partial charge in [0.05, 0.1) is 6.20 Å². The summed E-state index contributed by atoms with van der Waals surface area (Å²) < 4.78 is 19.7. The van der Waals surface area contributed by atoms with Crippen molar-refractivity contribution in [3.63, 3.8) is 0 Å². The summed E-state index contributed by atoms with van der Waals surface area (Å²) in [5.74, 6) is 0.658. The predicted molar refractivity (Wildman–Crippen MR) is 71.2 cm³/mol. The van der Waals surface area contributed by atoms with Crippen LogP contribution in [0.5, 0.6) is 11.5 Å². The maximum absolute atomic E-state index is 13.4. The number of nitrogens with zero attached hydrogens (tertiary/aromatic N) is 1. The number of halogens is 2. The lowest BCUT2D eigenvalue weighted by Gasteiger charge is -2.08. The molecule has 0 bridgehead atoms. The van der Waals surface area contributed by atoms with Gasteiger partial charge in [0.15, 0.2) is 0 Å². The zero-order chi connectivity index (χ0) is 13.0. The van der Waals surface area contributed by atoms with Crippen LogP contribution < -0.4 is 10.5 Å². The van der Waals surface area contributed by atoms with E-state index < -0.39 is 0 Å². The second kappa shape index (κ2) is 5.93. The molecule has 0 fully saturated rings. The average Bonchev–Trinajstić information content (AvgIpc) is 2.28. The summed E-state index contributed by atoms with van der Waals surface area (Å²) in [6.45, 7) is 0.474. The molecule has 0 amide bonds. The van der Waals surface area contributed by atoms with Gasteiger partial charge in [-0.25, -0.2) is 4.39 Å². The Morgan fingerprint density at radius 2 is 2.00 bits per heavy atom. The van der Waals surface area contributed by atoms with Gasteiger partial charge in [0.1, 0.15) is 17.3 Å². The Hall–Kier alpha value is -1.46. The quantitative estimate of drug-likeness (QED) is 0.942. The van der Waals surface area contributed by atoms with Gasteiger partial charge in [0.25, 0.3) is 0 Å². The van der Waals surface area contributed by atoms with E-state index in [2.05, 4.69) is 20.9 Å². The second-order valence-corrected chi connectivity index (χ2v) is 4.69. The van der Waals surface area contributed by atoms with Crippen LogP contribution in [0.1, 0.15) is 5.56 Å². The Kier molecular flexibility index (Phi) is 4.28. The molecule has 0 aliphatic carbocycles. The van der Waals surface area contributed by atoms with Crippen molar-refractivity contribution in [1.29, 1.82) is 0 Å². The van der Waals surface area contributed by atoms with Crippen molar-refractivity contribution in [2.45, 2.75) is 6.42 Å². The molecule has 0 saturated heterocycles. The number of aromatic nitrogens is 1. The molecule has 1 aromatic heterocycles. The monoisotopic (exact) mass is 310 g/mol. The number of benzene rings is 1.